The summed E-state index contributed by atoms with van der Waals surface area (Å²) in [6.45, 7) is 9.56. The van der Waals surface area contributed by atoms with Gasteiger partial charge in [-0.25, -0.2) is 4.79 Å². The summed E-state index contributed by atoms with van der Waals surface area (Å²) in [6.07, 6.45) is 4.30. The Labute approximate surface area is 103 Å². The van der Waals surface area contributed by atoms with Gasteiger partial charge in [-0.3, -0.25) is 4.90 Å². The molecule has 1 aliphatic carbocycles. The van der Waals surface area contributed by atoms with Gasteiger partial charge in [-0.2, -0.15) is 0 Å². The van der Waals surface area contributed by atoms with Gasteiger partial charge >= 0.3 is 6.09 Å². The van der Waals surface area contributed by atoms with E-state index in [4.69, 9.17) is 4.74 Å². The Hall–Kier alpha value is -1.32. The maximum absolute atomic E-state index is 12.0. The lowest BCUT2D eigenvalue weighted by Crippen LogP contribution is -2.46. The predicted octanol–water partition coefficient (Wildman–Crippen LogP) is 2.53. The molecule has 1 fully saturated rings. The van der Waals surface area contributed by atoms with E-state index in [1.807, 2.05) is 20.8 Å². The molecule has 0 aromatic heterocycles. The second-order valence-corrected chi connectivity index (χ2v) is 5.43. The van der Waals surface area contributed by atoms with Gasteiger partial charge in [0, 0.05) is 6.54 Å². The number of amides is 1. The lowest BCUT2D eigenvalue weighted by molar-refractivity contribution is -0.113. The van der Waals surface area contributed by atoms with E-state index in [1.165, 1.54) is 4.90 Å². The number of carbonyl (C=O) groups is 2. The molecule has 1 amide bonds. The second kappa shape index (κ2) is 4.90. The smallest absolute Gasteiger partial charge is 0.411 e. The molecule has 4 nitrogen and oxygen atoms in total. The Morgan fingerprint density at radius 1 is 1.47 bits per heavy atom. The molecule has 4 heteroatoms. The number of aldehydes is 1. The molecule has 96 valence electrons. The third-order valence-corrected chi connectivity index (χ3v) is 2.69. The van der Waals surface area contributed by atoms with Crippen molar-refractivity contribution in [1.29, 1.82) is 0 Å². The minimum atomic E-state index is -0.620. The van der Waals surface area contributed by atoms with Crippen molar-refractivity contribution in [3.8, 4) is 0 Å². The van der Waals surface area contributed by atoms with Crippen LogP contribution in [0, 0.1) is 0 Å². The maximum atomic E-state index is 12.0. The van der Waals surface area contributed by atoms with Crippen LogP contribution in [0.25, 0.3) is 0 Å². The topological polar surface area (TPSA) is 46.6 Å². The maximum Gasteiger partial charge on any atom is 0.411 e. The molecule has 0 atom stereocenters. The molecular weight excluding hydrogens is 218 g/mol. The highest BCUT2D eigenvalue weighted by molar-refractivity contribution is 5.79. The number of rotatable bonds is 5. The molecule has 1 rings (SSSR count). The summed E-state index contributed by atoms with van der Waals surface area (Å²) in [5.41, 5.74) is -1.16. The summed E-state index contributed by atoms with van der Waals surface area (Å²) >= 11 is 0. The SMILES string of the molecule is C=CCCN(C(=O)OC(C)(C)C)C1(C=O)CC1. The molecule has 0 radical (unpaired) electrons. The van der Waals surface area contributed by atoms with E-state index in [9.17, 15) is 9.59 Å². The van der Waals surface area contributed by atoms with Crippen LogP contribution in [0.1, 0.15) is 40.0 Å². The zero-order chi connectivity index (χ0) is 13.1. The highest BCUT2D eigenvalue weighted by Crippen LogP contribution is 2.40. The van der Waals surface area contributed by atoms with Crippen LogP contribution in [-0.2, 0) is 9.53 Å². The molecule has 0 aliphatic heterocycles. The van der Waals surface area contributed by atoms with E-state index in [2.05, 4.69) is 6.58 Å². The van der Waals surface area contributed by atoms with Crippen LogP contribution in [-0.4, -0.2) is 35.0 Å². The van der Waals surface area contributed by atoms with Crippen LogP contribution < -0.4 is 0 Å². The zero-order valence-corrected chi connectivity index (χ0v) is 10.9. The lowest BCUT2D eigenvalue weighted by Gasteiger charge is -2.30. The standard InChI is InChI=1S/C13H21NO3/c1-5-6-9-14(13(10-15)7-8-13)11(16)17-12(2,3)4/h5,10H,1,6-9H2,2-4H3. The van der Waals surface area contributed by atoms with Crippen LogP contribution >= 0.6 is 0 Å². The van der Waals surface area contributed by atoms with Gasteiger partial charge in [0.25, 0.3) is 0 Å². The third-order valence-electron chi connectivity index (χ3n) is 2.69. The molecule has 0 spiro atoms. The first-order chi connectivity index (χ1) is 7.84. The Kier molecular flexibility index (Phi) is 3.96. The number of carbonyl (C=O) groups excluding carboxylic acids is 2. The van der Waals surface area contributed by atoms with Crippen LogP contribution in [0.3, 0.4) is 0 Å². The van der Waals surface area contributed by atoms with Crippen LogP contribution in [0.4, 0.5) is 4.79 Å². The Morgan fingerprint density at radius 2 is 2.06 bits per heavy atom. The molecule has 17 heavy (non-hydrogen) atoms. The van der Waals surface area contributed by atoms with Gasteiger partial charge in [0.2, 0.25) is 0 Å². The molecule has 0 bridgehead atoms. The van der Waals surface area contributed by atoms with Gasteiger partial charge < -0.3 is 9.53 Å². The average molecular weight is 239 g/mol. The fraction of sp³-hybridized carbons (Fsp3) is 0.692. The van der Waals surface area contributed by atoms with Crippen LogP contribution in [0.2, 0.25) is 0 Å². The van der Waals surface area contributed by atoms with Crippen molar-refractivity contribution in [3.05, 3.63) is 12.7 Å². The third kappa shape index (κ3) is 3.58. The highest BCUT2D eigenvalue weighted by atomic mass is 16.6. The Morgan fingerprint density at radius 3 is 2.41 bits per heavy atom. The van der Waals surface area contributed by atoms with Gasteiger partial charge in [0.1, 0.15) is 17.4 Å². The van der Waals surface area contributed by atoms with E-state index in [0.717, 1.165) is 19.1 Å². The van der Waals surface area contributed by atoms with Crippen molar-refractivity contribution < 1.29 is 14.3 Å². The van der Waals surface area contributed by atoms with Gasteiger partial charge in [-0.1, -0.05) is 6.08 Å². The van der Waals surface area contributed by atoms with Crippen molar-refractivity contribution in [2.45, 2.75) is 51.2 Å². The molecular formula is C13H21NO3. The van der Waals surface area contributed by atoms with E-state index in [-0.39, 0.29) is 0 Å². The summed E-state index contributed by atoms with van der Waals surface area (Å²) in [5, 5.41) is 0. The molecule has 0 heterocycles. The lowest BCUT2D eigenvalue weighted by atomic mass is 10.2. The molecule has 1 saturated carbocycles. The zero-order valence-electron chi connectivity index (χ0n) is 10.9. The van der Waals surface area contributed by atoms with Crippen molar-refractivity contribution in [2.75, 3.05) is 6.54 Å². The van der Waals surface area contributed by atoms with E-state index in [0.29, 0.717) is 13.0 Å². The minimum absolute atomic E-state index is 0.413. The van der Waals surface area contributed by atoms with E-state index >= 15 is 0 Å². The number of hydrogen-bond acceptors (Lipinski definition) is 3. The summed E-state index contributed by atoms with van der Waals surface area (Å²) in [7, 11) is 0. The minimum Gasteiger partial charge on any atom is -0.444 e. The normalized spacial score (nSPS) is 17.1. The van der Waals surface area contributed by atoms with Crippen LogP contribution in [0.5, 0.6) is 0 Å². The fourth-order valence-corrected chi connectivity index (χ4v) is 1.61. The van der Waals surface area contributed by atoms with Crippen molar-refractivity contribution >= 4 is 12.4 Å². The van der Waals surface area contributed by atoms with Gasteiger partial charge in [0.05, 0.1) is 0 Å². The Bertz CT molecular complexity index is 313. The first-order valence-corrected chi connectivity index (χ1v) is 5.92. The molecule has 0 aromatic rings. The van der Waals surface area contributed by atoms with Crippen LogP contribution in [0.15, 0.2) is 12.7 Å². The number of nitrogens with zero attached hydrogens (tertiary/aromatic N) is 1. The quantitative estimate of drug-likeness (QED) is 0.547. The summed E-state index contributed by atoms with van der Waals surface area (Å²) in [6, 6.07) is 0. The highest BCUT2D eigenvalue weighted by Gasteiger charge is 2.51. The largest absolute Gasteiger partial charge is 0.444 e. The van der Waals surface area contributed by atoms with Crippen molar-refractivity contribution in [1.82, 2.24) is 4.90 Å². The summed E-state index contributed by atoms with van der Waals surface area (Å²) < 4.78 is 5.32. The molecule has 0 unspecified atom stereocenters. The van der Waals surface area contributed by atoms with Gasteiger partial charge in [0.15, 0.2) is 0 Å². The second-order valence-electron chi connectivity index (χ2n) is 5.43. The molecule has 1 aliphatic rings. The van der Waals surface area contributed by atoms with Gasteiger partial charge in [-0.05, 0) is 40.0 Å². The van der Waals surface area contributed by atoms with Gasteiger partial charge in [-0.15, -0.1) is 6.58 Å². The first kappa shape index (κ1) is 13.7. The monoisotopic (exact) mass is 239 g/mol. The molecule has 0 saturated heterocycles. The summed E-state index contributed by atoms with van der Waals surface area (Å²) in [5.74, 6) is 0. The fourth-order valence-electron chi connectivity index (χ4n) is 1.61. The van der Waals surface area contributed by atoms with Crippen molar-refractivity contribution in [3.63, 3.8) is 0 Å². The number of hydrogen-bond donors (Lipinski definition) is 0. The summed E-state index contributed by atoms with van der Waals surface area (Å²) in [4.78, 5) is 24.6. The van der Waals surface area contributed by atoms with E-state index in [1.54, 1.807) is 6.08 Å². The first-order valence-electron chi connectivity index (χ1n) is 5.92. The molecule has 0 N–H and O–H groups in total. The Balaban J connectivity index is 2.73. The predicted molar refractivity (Wildman–Crippen MR) is 65.8 cm³/mol. The molecule has 0 aromatic carbocycles. The number of ether oxygens (including phenoxy) is 1. The average Bonchev–Trinajstić information content (AvgIpc) is 2.97. The van der Waals surface area contributed by atoms with E-state index < -0.39 is 17.2 Å². The van der Waals surface area contributed by atoms with Crippen molar-refractivity contribution in [2.24, 2.45) is 0 Å².